The van der Waals surface area contributed by atoms with Crippen LogP contribution in [0, 0.1) is 6.92 Å². The van der Waals surface area contributed by atoms with Gasteiger partial charge in [0, 0.05) is 23.2 Å². The monoisotopic (exact) mass is 399 g/mol. The molecule has 0 saturated heterocycles. The molecule has 3 rings (SSSR count). The van der Waals surface area contributed by atoms with Crippen molar-refractivity contribution < 1.29 is 13.9 Å². The first-order chi connectivity index (χ1) is 13.4. The fourth-order valence-corrected chi connectivity index (χ4v) is 3.37. The lowest BCUT2D eigenvalue weighted by Gasteiger charge is -2.15. The van der Waals surface area contributed by atoms with Crippen molar-refractivity contribution >= 4 is 34.2 Å². The van der Waals surface area contributed by atoms with Gasteiger partial charge in [0.05, 0.1) is 5.02 Å². The molecule has 146 valence electrons. The molecule has 0 bridgehead atoms. The van der Waals surface area contributed by atoms with Gasteiger partial charge in [0.15, 0.2) is 6.61 Å². The van der Waals surface area contributed by atoms with Crippen LogP contribution in [0.3, 0.4) is 0 Å². The molecule has 0 atom stereocenters. The third-order valence-corrected chi connectivity index (χ3v) is 4.92. The zero-order valence-corrected chi connectivity index (χ0v) is 16.9. The quantitative estimate of drug-likeness (QED) is 0.599. The Balaban J connectivity index is 1.78. The molecular weight excluding hydrogens is 378 g/mol. The molecule has 0 spiro atoms. The van der Waals surface area contributed by atoms with E-state index in [1.54, 1.807) is 13.0 Å². The van der Waals surface area contributed by atoms with Gasteiger partial charge < -0.3 is 14.5 Å². The van der Waals surface area contributed by atoms with Crippen LogP contribution in [0.25, 0.3) is 11.0 Å². The fraction of sp³-hybridized carbons (Fsp3) is 0.273. The highest BCUT2D eigenvalue weighted by Gasteiger charge is 2.13. The molecular formula is C22H22ClNO4. The molecule has 0 fully saturated rings. The number of hydrogen-bond acceptors (Lipinski definition) is 4. The van der Waals surface area contributed by atoms with Crippen LogP contribution in [0.1, 0.15) is 30.5 Å². The topological polar surface area (TPSA) is 68.5 Å². The first-order valence-electron chi connectivity index (χ1n) is 9.20. The number of aryl methyl sites for hydroxylation is 3. The zero-order chi connectivity index (χ0) is 20.3. The lowest BCUT2D eigenvalue weighted by Crippen LogP contribution is -2.22. The molecule has 1 aromatic heterocycles. The van der Waals surface area contributed by atoms with E-state index in [4.69, 9.17) is 20.8 Å². The molecule has 1 N–H and O–H groups in total. The van der Waals surface area contributed by atoms with E-state index in [-0.39, 0.29) is 18.3 Å². The first-order valence-corrected chi connectivity index (χ1v) is 9.58. The number of fused-ring (bicyclic) bond motifs is 1. The van der Waals surface area contributed by atoms with E-state index in [1.807, 2.05) is 32.0 Å². The molecule has 0 unspecified atom stereocenters. The zero-order valence-electron chi connectivity index (χ0n) is 16.1. The Kier molecular flexibility index (Phi) is 6.05. The SMILES string of the molecule is CCc1cccc(CC)c1NC(=O)COc1cc2oc(=O)cc(C)c2cc1Cl. The highest BCUT2D eigenvalue weighted by atomic mass is 35.5. The van der Waals surface area contributed by atoms with Gasteiger partial charge in [-0.05, 0) is 42.5 Å². The second-order valence-corrected chi connectivity index (χ2v) is 6.93. The maximum absolute atomic E-state index is 12.5. The van der Waals surface area contributed by atoms with Crippen molar-refractivity contribution in [3.8, 4) is 5.75 Å². The van der Waals surface area contributed by atoms with E-state index in [0.29, 0.717) is 10.6 Å². The van der Waals surface area contributed by atoms with Crippen LogP contribution in [-0.2, 0) is 17.6 Å². The molecule has 1 amide bonds. The van der Waals surface area contributed by atoms with Crippen LogP contribution in [0.4, 0.5) is 5.69 Å². The van der Waals surface area contributed by atoms with Gasteiger partial charge in [0.1, 0.15) is 11.3 Å². The fourth-order valence-electron chi connectivity index (χ4n) is 3.15. The minimum atomic E-state index is -0.445. The van der Waals surface area contributed by atoms with Crippen molar-refractivity contribution in [2.75, 3.05) is 11.9 Å². The third-order valence-electron chi connectivity index (χ3n) is 4.63. The van der Waals surface area contributed by atoms with Gasteiger partial charge >= 0.3 is 5.63 Å². The van der Waals surface area contributed by atoms with Crippen LogP contribution in [0.2, 0.25) is 5.02 Å². The summed E-state index contributed by atoms with van der Waals surface area (Å²) in [5.74, 6) is 0.00927. The van der Waals surface area contributed by atoms with E-state index in [2.05, 4.69) is 5.32 Å². The summed E-state index contributed by atoms with van der Waals surface area (Å²) in [6, 6.07) is 10.6. The van der Waals surface area contributed by atoms with Crippen molar-refractivity contribution in [2.24, 2.45) is 0 Å². The minimum absolute atomic E-state index is 0.206. The molecule has 3 aromatic rings. The molecule has 0 aliphatic rings. The van der Waals surface area contributed by atoms with Crippen molar-refractivity contribution in [3.05, 3.63) is 68.5 Å². The lowest BCUT2D eigenvalue weighted by molar-refractivity contribution is -0.118. The number of halogens is 1. The van der Waals surface area contributed by atoms with E-state index < -0.39 is 5.63 Å². The number of carbonyl (C=O) groups excluding carboxylic acids is 1. The number of anilines is 1. The summed E-state index contributed by atoms with van der Waals surface area (Å²) in [7, 11) is 0. The van der Waals surface area contributed by atoms with Crippen LogP contribution >= 0.6 is 11.6 Å². The largest absolute Gasteiger partial charge is 0.482 e. The number of rotatable bonds is 6. The summed E-state index contributed by atoms with van der Waals surface area (Å²) in [4.78, 5) is 24.0. The third kappa shape index (κ3) is 4.20. The molecule has 28 heavy (non-hydrogen) atoms. The Labute approximate surface area is 168 Å². The summed E-state index contributed by atoms with van der Waals surface area (Å²) in [6.45, 7) is 5.69. The normalized spacial score (nSPS) is 10.9. The molecule has 1 heterocycles. The van der Waals surface area contributed by atoms with Crippen molar-refractivity contribution in [3.63, 3.8) is 0 Å². The number of ether oxygens (including phenoxy) is 1. The second kappa shape index (κ2) is 8.48. The summed E-state index contributed by atoms with van der Waals surface area (Å²) in [5.41, 5.74) is 3.68. The molecule has 5 nitrogen and oxygen atoms in total. The summed E-state index contributed by atoms with van der Waals surface area (Å²) in [5, 5.41) is 4.02. The van der Waals surface area contributed by atoms with Gasteiger partial charge in [-0.2, -0.15) is 0 Å². The number of carbonyl (C=O) groups is 1. The number of amides is 1. The summed E-state index contributed by atoms with van der Waals surface area (Å²) in [6.07, 6.45) is 1.64. The maximum Gasteiger partial charge on any atom is 0.336 e. The van der Waals surface area contributed by atoms with Crippen LogP contribution in [-0.4, -0.2) is 12.5 Å². The molecule has 0 aliphatic carbocycles. The van der Waals surface area contributed by atoms with E-state index >= 15 is 0 Å². The van der Waals surface area contributed by atoms with E-state index in [0.717, 1.165) is 40.6 Å². The van der Waals surface area contributed by atoms with Crippen LogP contribution in [0.15, 0.2) is 45.6 Å². The smallest absolute Gasteiger partial charge is 0.336 e. The highest BCUT2D eigenvalue weighted by Crippen LogP contribution is 2.31. The molecule has 0 aliphatic heterocycles. The van der Waals surface area contributed by atoms with E-state index in [9.17, 15) is 9.59 Å². The van der Waals surface area contributed by atoms with Crippen LogP contribution < -0.4 is 15.7 Å². The van der Waals surface area contributed by atoms with Gasteiger partial charge in [-0.15, -0.1) is 0 Å². The molecule has 0 saturated carbocycles. The molecule has 2 aromatic carbocycles. The van der Waals surface area contributed by atoms with Gasteiger partial charge in [0.2, 0.25) is 0 Å². The first kappa shape index (κ1) is 20.0. The number of para-hydroxylation sites is 1. The van der Waals surface area contributed by atoms with Crippen LogP contribution in [0.5, 0.6) is 5.75 Å². The number of nitrogens with one attached hydrogen (secondary N) is 1. The Morgan fingerprint density at radius 3 is 2.46 bits per heavy atom. The summed E-state index contributed by atoms with van der Waals surface area (Å²) < 4.78 is 10.8. The predicted molar refractivity (Wildman–Crippen MR) is 112 cm³/mol. The highest BCUT2D eigenvalue weighted by molar-refractivity contribution is 6.32. The average molecular weight is 400 g/mol. The lowest BCUT2D eigenvalue weighted by atomic mass is 10.0. The predicted octanol–water partition coefficient (Wildman–Crippen LogP) is 4.90. The van der Waals surface area contributed by atoms with Gasteiger partial charge in [-0.3, -0.25) is 4.79 Å². The Hall–Kier alpha value is -2.79. The number of benzene rings is 2. The van der Waals surface area contributed by atoms with Crippen molar-refractivity contribution in [2.45, 2.75) is 33.6 Å². The van der Waals surface area contributed by atoms with Crippen molar-refractivity contribution in [1.82, 2.24) is 0 Å². The summed E-state index contributed by atoms with van der Waals surface area (Å²) >= 11 is 6.28. The van der Waals surface area contributed by atoms with E-state index in [1.165, 1.54) is 12.1 Å². The molecule has 0 radical (unpaired) electrons. The van der Waals surface area contributed by atoms with Crippen molar-refractivity contribution in [1.29, 1.82) is 0 Å². The Morgan fingerprint density at radius 1 is 1.14 bits per heavy atom. The standard InChI is InChI=1S/C22H22ClNO4/c1-4-14-7-6-8-15(5-2)22(14)24-20(25)12-27-19-11-18-16(10-17(19)23)13(3)9-21(26)28-18/h6-11H,4-5,12H2,1-3H3,(H,24,25). The Morgan fingerprint density at radius 2 is 1.82 bits per heavy atom. The molecule has 6 heteroatoms. The Bertz CT molecular complexity index is 1070. The maximum atomic E-state index is 12.5. The van der Waals surface area contributed by atoms with Gasteiger partial charge in [-0.1, -0.05) is 43.6 Å². The van der Waals surface area contributed by atoms with Gasteiger partial charge in [-0.25, -0.2) is 4.79 Å². The minimum Gasteiger partial charge on any atom is -0.482 e. The average Bonchev–Trinajstić information content (AvgIpc) is 2.67. The number of hydrogen-bond donors (Lipinski definition) is 1. The second-order valence-electron chi connectivity index (χ2n) is 6.52. The van der Waals surface area contributed by atoms with Gasteiger partial charge in [0.25, 0.3) is 5.91 Å².